The van der Waals surface area contributed by atoms with Gasteiger partial charge >= 0.3 is 0 Å². The van der Waals surface area contributed by atoms with Gasteiger partial charge in [0.1, 0.15) is 0 Å². The first-order chi connectivity index (χ1) is 8.24. The number of aromatic nitrogens is 1. The molecule has 2 rings (SSSR count). The molecule has 0 spiro atoms. The van der Waals surface area contributed by atoms with Crippen LogP contribution in [0, 0.1) is 5.92 Å². The van der Waals surface area contributed by atoms with Gasteiger partial charge < -0.3 is 5.32 Å². The van der Waals surface area contributed by atoms with Crippen molar-refractivity contribution in [1.82, 2.24) is 10.3 Å². The average molecular weight is 318 g/mol. The lowest BCUT2D eigenvalue weighted by Crippen LogP contribution is -2.27. The summed E-state index contributed by atoms with van der Waals surface area (Å²) in [6.45, 7) is 1.95. The number of hydrogen-bond donors (Lipinski definition) is 1. The minimum atomic E-state index is 0.392. The van der Waals surface area contributed by atoms with Crippen LogP contribution >= 0.6 is 27.5 Å². The van der Waals surface area contributed by atoms with Crippen molar-refractivity contribution in [3.63, 3.8) is 0 Å². The lowest BCUT2D eigenvalue weighted by atomic mass is 9.89. The molecule has 0 amide bonds. The third kappa shape index (κ3) is 4.57. The Hall–Kier alpha value is -0.120. The molecule has 1 fully saturated rings. The van der Waals surface area contributed by atoms with Crippen molar-refractivity contribution in [3.8, 4) is 0 Å². The fraction of sp³-hybridized carbons (Fsp3) is 0.615. The highest BCUT2D eigenvalue weighted by atomic mass is 79.9. The summed E-state index contributed by atoms with van der Waals surface area (Å²) in [6.07, 6.45) is 8.65. The van der Waals surface area contributed by atoms with Crippen LogP contribution in [-0.2, 0) is 6.54 Å². The van der Waals surface area contributed by atoms with Crippen molar-refractivity contribution < 1.29 is 0 Å². The molecule has 1 aliphatic carbocycles. The van der Waals surface area contributed by atoms with Crippen LogP contribution in [-0.4, -0.2) is 16.9 Å². The topological polar surface area (TPSA) is 24.9 Å². The second-order valence-corrected chi connectivity index (χ2v) is 6.31. The summed E-state index contributed by atoms with van der Waals surface area (Å²) in [4.78, 5) is 4.15. The molecule has 2 nitrogen and oxygen atoms in total. The highest BCUT2D eigenvalue weighted by Gasteiger charge is 2.19. The molecule has 4 heteroatoms. The first-order valence-corrected chi connectivity index (χ1v) is 7.41. The molecule has 0 saturated heterocycles. The quantitative estimate of drug-likeness (QED) is 0.856. The molecule has 1 aliphatic rings. The molecule has 94 valence electrons. The molecule has 0 aromatic carbocycles. The van der Waals surface area contributed by atoms with Crippen LogP contribution in [0.25, 0.3) is 0 Å². The number of nitrogens with zero attached hydrogens (tertiary/aromatic N) is 1. The maximum absolute atomic E-state index is 6.18. The average Bonchev–Trinajstić information content (AvgIpc) is 2.29. The predicted molar refractivity (Wildman–Crippen MR) is 75.2 cm³/mol. The van der Waals surface area contributed by atoms with E-state index in [1.54, 1.807) is 0 Å². The number of halogens is 2. The van der Waals surface area contributed by atoms with E-state index in [0.29, 0.717) is 5.38 Å². The molecule has 0 radical (unpaired) electrons. The Morgan fingerprint density at radius 3 is 3.06 bits per heavy atom. The summed E-state index contributed by atoms with van der Waals surface area (Å²) in [7, 11) is 0. The molecule has 0 bridgehead atoms. The van der Waals surface area contributed by atoms with Gasteiger partial charge in [0.05, 0.1) is 0 Å². The number of pyridine rings is 1. The zero-order valence-corrected chi connectivity index (χ0v) is 12.2. The van der Waals surface area contributed by atoms with E-state index in [1.807, 2.05) is 12.4 Å². The third-order valence-corrected chi connectivity index (χ3v) is 4.07. The lowest BCUT2D eigenvalue weighted by Gasteiger charge is -2.25. The molecule has 17 heavy (non-hydrogen) atoms. The molecule has 1 heterocycles. The van der Waals surface area contributed by atoms with Gasteiger partial charge in [0.25, 0.3) is 0 Å². The van der Waals surface area contributed by atoms with Gasteiger partial charge in [-0.05, 0) is 59.3 Å². The highest BCUT2D eigenvalue weighted by molar-refractivity contribution is 9.10. The van der Waals surface area contributed by atoms with Crippen molar-refractivity contribution in [1.29, 1.82) is 0 Å². The normalized spacial score (nSPS) is 24.8. The lowest BCUT2D eigenvalue weighted by molar-refractivity contribution is 0.346. The number of nitrogens with one attached hydrogen (secondary N) is 1. The molecular weight excluding hydrogens is 300 g/mol. The maximum atomic E-state index is 6.18. The molecule has 1 saturated carbocycles. The maximum Gasteiger partial charge on any atom is 0.0410 e. The van der Waals surface area contributed by atoms with E-state index < -0.39 is 0 Å². The Balaban J connectivity index is 1.72. The molecule has 2 atom stereocenters. The number of hydrogen-bond acceptors (Lipinski definition) is 2. The smallest absolute Gasteiger partial charge is 0.0410 e. The Bertz CT molecular complexity index is 359. The summed E-state index contributed by atoms with van der Waals surface area (Å²) in [5, 5.41) is 3.89. The Labute approximate surface area is 116 Å². The minimum absolute atomic E-state index is 0.392. The van der Waals surface area contributed by atoms with E-state index in [1.165, 1.54) is 24.8 Å². The summed E-state index contributed by atoms with van der Waals surface area (Å²) in [5.74, 6) is 0.742. The van der Waals surface area contributed by atoms with Gasteiger partial charge in [-0.25, -0.2) is 0 Å². The zero-order valence-electron chi connectivity index (χ0n) is 9.83. The van der Waals surface area contributed by atoms with E-state index in [0.717, 1.165) is 29.9 Å². The molecule has 1 N–H and O–H groups in total. The molecule has 1 aromatic heterocycles. The van der Waals surface area contributed by atoms with E-state index in [4.69, 9.17) is 11.6 Å². The molecule has 1 aromatic rings. The first kappa shape index (κ1) is 13.3. The zero-order chi connectivity index (χ0) is 12.1. The summed E-state index contributed by atoms with van der Waals surface area (Å²) < 4.78 is 1.04. The SMILES string of the molecule is ClC1CCCC(CNCc2cncc(Br)c2)C1. The van der Waals surface area contributed by atoms with Gasteiger partial charge in [0, 0.05) is 28.8 Å². The van der Waals surface area contributed by atoms with Crippen LogP contribution in [0.3, 0.4) is 0 Å². The predicted octanol–water partition coefficient (Wildman–Crippen LogP) is 3.73. The van der Waals surface area contributed by atoms with Gasteiger partial charge in [0.15, 0.2) is 0 Å². The second-order valence-electron chi connectivity index (χ2n) is 4.77. The standard InChI is InChI=1S/C13H18BrClN2/c14-12-4-11(8-17-9-12)7-16-6-10-2-1-3-13(15)5-10/h4,8-10,13,16H,1-3,5-7H2. The summed E-state index contributed by atoms with van der Waals surface area (Å²) >= 11 is 9.61. The Morgan fingerprint density at radius 1 is 1.41 bits per heavy atom. The van der Waals surface area contributed by atoms with Crippen molar-refractivity contribution in [2.24, 2.45) is 5.92 Å². The largest absolute Gasteiger partial charge is 0.312 e. The van der Waals surface area contributed by atoms with E-state index >= 15 is 0 Å². The van der Waals surface area contributed by atoms with Crippen LogP contribution in [0.4, 0.5) is 0 Å². The molecule has 0 aliphatic heterocycles. The van der Waals surface area contributed by atoms with Gasteiger partial charge in [-0.3, -0.25) is 4.98 Å². The fourth-order valence-corrected chi connectivity index (χ4v) is 3.20. The van der Waals surface area contributed by atoms with Crippen LogP contribution in [0.15, 0.2) is 22.9 Å². The number of rotatable bonds is 4. The first-order valence-electron chi connectivity index (χ1n) is 6.18. The molecule has 2 unspecified atom stereocenters. The molecular formula is C13H18BrClN2. The Kier molecular flexibility index (Phi) is 5.26. The third-order valence-electron chi connectivity index (χ3n) is 3.24. The van der Waals surface area contributed by atoms with Gasteiger partial charge in [-0.15, -0.1) is 11.6 Å². The second kappa shape index (κ2) is 6.72. The van der Waals surface area contributed by atoms with Gasteiger partial charge in [0.2, 0.25) is 0 Å². The van der Waals surface area contributed by atoms with Crippen LogP contribution < -0.4 is 5.32 Å². The number of alkyl halides is 1. The van der Waals surface area contributed by atoms with E-state index in [-0.39, 0.29) is 0 Å². The fourth-order valence-electron chi connectivity index (χ4n) is 2.38. The van der Waals surface area contributed by atoms with Crippen LogP contribution in [0.1, 0.15) is 31.2 Å². The minimum Gasteiger partial charge on any atom is -0.312 e. The van der Waals surface area contributed by atoms with Crippen molar-refractivity contribution in [2.45, 2.75) is 37.6 Å². The van der Waals surface area contributed by atoms with Crippen LogP contribution in [0.5, 0.6) is 0 Å². The van der Waals surface area contributed by atoms with E-state index in [9.17, 15) is 0 Å². The van der Waals surface area contributed by atoms with Gasteiger partial charge in [-0.1, -0.05) is 6.42 Å². The summed E-state index contributed by atoms with van der Waals surface area (Å²) in [6, 6.07) is 2.10. The van der Waals surface area contributed by atoms with E-state index in [2.05, 4.69) is 32.3 Å². The van der Waals surface area contributed by atoms with Crippen molar-refractivity contribution in [3.05, 3.63) is 28.5 Å². The van der Waals surface area contributed by atoms with Crippen molar-refractivity contribution >= 4 is 27.5 Å². The van der Waals surface area contributed by atoms with Crippen LogP contribution in [0.2, 0.25) is 0 Å². The van der Waals surface area contributed by atoms with Crippen molar-refractivity contribution in [2.75, 3.05) is 6.54 Å². The van der Waals surface area contributed by atoms with Gasteiger partial charge in [-0.2, -0.15) is 0 Å². The Morgan fingerprint density at radius 2 is 2.29 bits per heavy atom. The highest BCUT2D eigenvalue weighted by Crippen LogP contribution is 2.27. The monoisotopic (exact) mass is 316 g/mol. The summed E-state index contributed by atoms with van der Waals surface area (Å²) in [5.41, 5.74) is 1.22.